The molecule has 8 nitrogen and oxygen atoms in total. The molecule has 0 bridgehead atoms. The number of H-pyrrole nitrogens is 1. The van der Waals surface area contributed by atoms with Gasteiger partial charge in [-0.3, -0.25) is 4.79 Å². The molecule has 1 aliphatic carbocycles. The number of benzene rings is 2. The van der Waals surface area contributed by atoms with Crippen LogP contribution in [0, 0.1) is 11.8 Å². The lowest BCUT2D eigenvalue weighted by Crippen LogP contribution is -2.12. The Morgan fingerprint density at radius 3 is 2.88 bits per heavy atom. The average Bonchev–Trinajstić information content (AvgIpc) is 3.49. The molecule has 2 N–H and O–H groups in total. The fourth-order valence-electron chi connectivity index (χ4n) is 3.53. The number of hydrogen-bond acceptors (Lipinski definition) is 7. The molecule has 2 aromatic heterocycles. The number of hydrogen-bond donors (Lipinski definition) is 2. The zero-order valence-electron chi connectivity index (χ0n) is 17.8. The molecule has 1 amide bonds. The first-order chi connectivity index (χ1) is 16.2. The number of nitrogens with zero attached hydrogens (tertiary/aromatic N) is 4. The van der Waals surface area contributed by atoms with Crippen LogP contribution in [0.5, 0.6) is 5.75 Å². The number of tetrazole rings is 1. The molecule has 33 heavy (non-hydrogen) atoms. The normalized spacial score (nSPS) is 13.0. The van der Waals surface area contributed by atoms with Crippen LogP contribution in [0.3, 0.4) is 0 Å². The van der Waals surface area contributed by atoms with E-state index in [1.54, 1.807) is 29.5 Å². The number of anilines is 1. The van der Waals surface area contributed by atoms with Crippen LogP contribution >= 0.6 is 11.3 Å². The first-order valence-electron chi connectivity index (χ1n) is 10.5. The molecular formula is C24H20N6O2S. The van der Waals surface area contributed by atoms with Crippen molar-refractivity contribution in [1.82, 2.24) is 25.6 Å². The highest BCUT2D eigenvalue weighted by Crippen LogP contribution is 2.36. The van der Waals surface area contributed by atoms with E-state index in [-0.39, 0.29) is 5.91 Å². The van der Waals surface area contributed by atoms with Crippen molar-refractivity contribution >= 4 is 22.9 Å². The van der Waals surface area contributed by atoms with Crippen molar-refractivity contribution in [1.29, 1.82) is 0 Å². The van der Waals surface area contributed by atoms with Crippen molar-refractivity contribution in [3.05, 3.63) is 69.7 Å². The van der Waals surface area contributed by atoms with E-state index in [0.29, 0.717) is 34.3 Å². The van der Waals surface area contributed by atoms with E-state index in [4.69, 9.17) is 4.74 Å². The van der Waals surface area contributed by atoms with E-state index >= 15 is 0 Å². The molecule has 2 heterocycles. The van der Waals surface area contributed by atoms with Gasteiger partial charge in [0.25, 0.3) is 5.91 Å². The predicted octanol–water partition coefficient (Wildman–Crippen LogP) is 4.25. The number of amides is 1. The van der Waals surface area contributed by atoms with Crippen molar-refractivity contribution < 1.29 is 9.53 Å². The minimum atomic E-state index is -0.261. The van der Waals surface area contributed by atoms with Gasteiger partial charge >= 0.3 is 0 Å². The molecule has 0 saturated heterocycles. The average molecular weight is 457 g/mol. The van der Waals surface area contributed by atoms with Crippen LogP contribution in [0.25, 0.3) is 11.4 Å². The molecule has 0 unspecified atom stereocenters. The Hall–Kier alpha value is -4.03. The highest BCUT2D eigenvalue weighted by atomic mass is 32.1. The first-order valence-corrected chi connectivity index (χ1v) is 11.4. The number of carbonyl (C=O) groups is 1. The van der Waals surface area contributed by atoms with Gasteiger partial charge in [-0.15, -0.1) is 21.5 Å². The minimum Gasteiger partial charge on any atom is -0.496 e. The molecule has 164 valence electrons. The number of rotatable bonds is 5. The first kappa shape index (κ1) is 20.8. The number of carbonyl (C=O) groups excluding carboxylic acids is 1. The summed E-state index contributed by atoms with van der Waals surface area (Å²) in [5.74, 6) is 7.51. The van der Waals surface area contributed by atoms with Gasteiger partial charge in [0.1, 0.15) is 5.75 Å². The largest absolute Gasteiger partial charge is 0.496 e. The maximum absolute atomic E-state index is 12.8. The number of aromatic amines is 1. The molecule has 2 aromatic carbocycles. The van der Waals surface area contributed by atoms with Gasteiger partial charge in [0.05, 0.1) is 18.4 Å². The topological polar surface area (TPSA) is 106 Å². The Balaban J connectivity index is 1.30. The van der Waals surface area contributed by atoms with E-state index < -0.39 is 0 Å². The summed E-state index contributed by atoms with van der Waals surface area (Å²) in [6.07, 6.45) is 3.74. The lowest BCUT2D eigenvalue weighted by molar-refractivity contribution is 0.102. The zero-order valence-corrected chi connectivity index (χ0v) is 18.6. The summed E-state index contributed by atoms with van der Waals surface area (Å²) < 4.78 is 5.41. The molecule has 1 saturated carbocycles. The maximum atomic E-state index is 12.8. The fraction of sp³-hybridized carbons (Fsp3) is 0.208. The molecule has 0 radical (unpaired) electrons. The lowest BCUT2D eigenvalue weighted by atomic mass is 9.83. The van der Waals surface area contributed by atoms with Gasteiger partial charge in [0.15, 0.2) is 5.01 Å². The third-order valence-corrected chi connectivity index (χ3v) is 6.31. The molecule has 9 heteroatoms. The molecule has 4 aromatic rings. The Morgan fingerprint density at radius 1 is 1.21 bits per heavy atom. The van der Waals surface area contributed by atoms with Gasteiger partial charge in [-0.25, -0.2) is 4.98 Å². The third-order valence-electron chi connectivity index (χ3n) is 5.53. The van der Waals surface area contributed by atoms with E-state index in [1.807, 2.05) is 24.3 Å². The summed E-state index contributed by atoms with van der Waals surface area (Å²) in [5, 5.41) is 19.7. The second-order valence-electron chi connectivity index (χ2n) is 7.64. The Labute approximate surface area is 194 Å². The second kappa shape index (κ2) is 9.22. The van der Waals surface area contributed by atoms with Crippen molar-refractivity contribution in [2.75, 3.05) is 12.4 Å². The summed E-state index contributed by atoms with van der Waals surface area (Å²) in [7, 11) is 1.53. The summed E-state index contributed by atoms with van der Waals surface area (Å²) in [6.45, 7) is 0. The Kier molecular flexibility index (Phi) is 5.83. The molecule has 1 aliphatic rings. The molecule has 0 aliphatic heterocycles. The summed E-state index contributed by atoms with van der Waals surface area (Å²) in [5.41, 5.74) is 3.71. The monoisotopic (exact) mass is 456 g/mol. The van der Waals surface area contributed by atoms with E-state index in [9.17, 15) is 4.79 Å². The van der Waals surface area contributed by atoms with Crippen molar-refractivity contribution in [2.24, 2.45) is 0 Å². The Bertz CT molecular complexity index is 1350. The van der Waals surface area contributed by atoms with Crippen LogP contribution in [0.4, 0.5) is 5.69 Å². The smallest absolute Gasteiger partial charge is 0.255 e. The van der Waals surface area contributed by atoms with Gasteiger partial charge in [0.2, 0.25) is 5.82 Å². The van der Waals surface area contributed by atoms with E-state index in [0.717, 1.165) is 16.3 Å². The van der Waals surface area contributed by atoms with Crippen LogP contribution in [0.1, 0.15) is 51.8 Å². The molecular weight excluding hydrogens is 436 g/mol. The maximum Gasteiger partial charge on any atom is 0.255 e. The number of ether oxygens (including phenoxy) is 1. The zero-order chi connectivity index (χ0) is 22.6. The van der Waals surface area contributed by atoms with Gasteiger partial charge < -0.3 is 10.1 Å². The van der Waals surface area contributed by atoms with Crippen molar-refractivity contribution in [3.8, 4) is 29.0 Å². The SMILES string of the molecule is COc1cc(C(=O)Nc2cccc(C#Cc3nc(C4CCC4)cs3)c2)ccc1-c1nn[nH]n1. The van der Waals surface area contributed by atoms with Gasteiger partial charge in [-0.1, -0.05) is 18.4 Å². The Morgan fingerprint density at radius 2 is 2.12 bits per heavy atom. The third kappa shape index (κ3) is 4.61. The highest BCUT2D eigenvalue weighted by Gasteiger charge is 2.21. The predicted molar refractivity (Wildman–Crippen MR) is 125 cm³/mol. The molecule has 0 spiro atoms. The molecule has 0 atom stereocenters. The number of methoxy groups -OCH3 is 1. The van der Waals surface area contributed by atoms with Crippen LogP contribution in [-0.4, -0.2) is 38.6 Å². The molecule has 1 fully saturated rings. The van der Waals surface area contributed by atoms with Crippen molar-refractivity contribution in [3.63, 3.8) is 0 Å². The summed E-state index contributed by atoms with van der Waals surface area (Å²) in [4.78, 5) is 17.5. The second-order valence-corrected chi connectivity index (χ2v) is 8.50. The fourth-order valence-corrected chi connectivity index (χ4v) is 4.28. The standard InChI is InChI=1S/C24H20N6O2S/c1-32-21-13-17(9-10-19(21)23-27-29-30-28-23)24(31)25-18-7-2-4-15(12-18)8-11-22-26-20(14-33-22)16-5-3-6-16/h2,4,7,9-10,12-14,16H,3,5-6H2,1H3,(H,25,31)(H,27,28,29,30). The van der Waals surface area contributed by atoms with Crippen molar-refractivity contribution in [2.45, 2.75) is 25.2 Å². The number of aromatic nitrogens is 5. The minimum absolute atomic E-state index is 0.261. The van der Waals surface area contributed by atoms with Crippen LogP contribution < -0.4 is 10.1 Å². The summed E-state index contributed by atoms with van der Waals surface area (Å²) in [6, 6.07) is 12.5. The van der Waals surface area contributed by atoms with Gasteiger partial charge in [-0.05, 0) is 60.4 Å². The quantitative estimate of drug-likeness (QED) is 0.435. The van der Waals surface area contributed by atoms with Gasteiger partial charge in [-0.2, -0.15) is 5.21 Å². The number of nitrogens with one attached hydrogen (secondary N) is 2. The van der Waals surface area contributed by atoms with E-state index in [2.05, 4.69) is 48.1 Å². The van der Waals surface area contributed by atoms with Gasteiger partial charge in [0, 0.05) is 28.1 Å². The number of thiazole rings is 1. The summed E-state index contributed by atoms with van der Waals surface area (Å²) >= 11 is 1.58. The van der Waals surface area contributed by atoms with Crippen LogP contribution in [0.15, 0.2) is 47.8 Å². The lowest BCUT2D eigenvalue weighted by Gasteiger charge is -2.22. The highest BCUT2D eigenvalue weighted by molar-refractivity contribution is 7.10. The van der Waals surface area contributed by atoms with Crippen LogP contribution in [0.2, 0.25) is 0 Å². The van der Waals surface area contributed by atoms with E-state index in [1.165, 1.54) is 26.4 Å². The van der Waals surface area contributed by atoms with Crippen LogP contribution in [-0.2, 0) is 0 Å². The molecule has 5 rings (SSSR count).